The van der Waals surface area contributed by atoms with Crippen LogP contribution in [0.2, 0.25) is 0 Å². The monoisotopic (exact) mass is 394 g/mol. The number of para-hydroxylation sites is 1. The van der Waals surface area contributed by atoms with Gasteiger partial charge in [0.05, 0.1) is 17.4 Å². The van der Waals surface area contributed by atoms with Crippen molar-refractivity contribution in [3.63, 3.8) is 0 Å². The van der Waals surface area contributed by atoms with Gasteiger partial charge in [0.25, 0.3) is 6.36 Å². The number of aliphatic hydroxyl groups is 1. The summed E-state index contributed by atoms with van der Waals surface area (Å²) in [6.45, 7) is 2.96. The number of alkyl halides is 1. The lowest BCUT2D eigenvalue weighted by Crippen LogP contribution is -2.37. The van der Waals surface area contributed by atoms with Crippen molar-refractivity contribution in [2.75, 3.05) is 0 Å². The van der Waals surface area contributed by atoms with E-state index >= 15 is 0 Å². The fourth-order valence-electron chi connectivity index (χ4n) is 3.23. The standard InChI is InChI=1S/C23H20F2N2O2/c1-15-12-18(24)9-11-21(15)29-22(25)23(2,28)17-8-10-20-16(13-17)14-26-27(20)19-6-4-3-5-7-19/h3-14,22,28H,1-2H3. The van der Waals surface area contributed by atoms with Crippen molar-refractivity contribution in [1.29, 1.82) is 0 Å². The molecule has 4 nitrogen and oxygen atoms in total. The van der Waals surface area contributed by atoms with Gasteiger partial charge in [0.1, 0.15) is 11.6 Å². The number of nitrogens with zero attached hydrogens (tertiary/aromatic N) is 2. The van der Waals surface area contributed by atoms with Gasteiger partial charge >= 0.3 is 0 Å². The van der Waals surface area contributed by atoms with E-state index in [1.54, 1.807) is 36.0 Å². The van der Waals surface area contributed by atoms with Crippen molar-refractivity contribution in [2.24, 2.45) is 0 Å². The van der Waals surface area contributed by atoms with Gasteiger partial charge in [-0.1, -0.05) is 24.3 Å². The summed E-state index contributed by atoms with van der Waals surface area (Å²) < 4.78 is 35.2. The smallest absolute Gasteiger partial charge is 0.270 e. The van der Waals surface area contributed by atoms with Crippen LogP contribution in [-0.2, 0) is 5.60 Å². The minimum absolute atomic E-state index is 0.178. The van der Waals surface area contributed by atoms with Gasteiger partial charge in [-0.25, -0.2) is 9.07 Å². The van der Waals surface area contributed by atoms with E-state index in [0.717, 1.165) is 16.6 Å². The van der Waals surface area contributed by atoms with Crippen molar-refractivity contribution < 1.29 is 18.6 Å². The maximum atomic E-state index is 14.9. The van der Waals surface area contributed by atoms with Crippen LogP contribution in [0.15, 0.2) is 72.9 Å². The lowest BCUT2D eigenvalue weighted by molar-refractivity contribution is -0.119. The molecule has 148 valence electrons. The number of hydrogen-bond acceptors (Lipinski definition) is 3. The zero-order chi connectivity index (χ0) is 20.6. The fraction of sp³-hybridized carbons (Fsp3) is 0.174. The summed E-state index contributed by atoms with van der Waals surface area (Å²) in [5.74, 6) is -0.255. The molecule has 0 aliphatic carbocycles. The van der Waals surface area contributed by atoms with Gasteiger partial charge in [-0.3, -0.25) is 0 Å². The second kappa shape index (κ2) is 7.29. The molecule has 0 saturated carbocycles. The molecular weight excluding hydrogens is 374 g/mol. The second-order valence-electron chi connectivity index (χ2n) is 7.16. The lowest BCUT2D eigenvalue weighted by Gasteiger charge is -2.28. The number of aromatic nitrogens is 2. The van der Waals surface area contributed by atoms with Gasteiger partial charge in [-0.05, 0) is 67.4 Å². The Morgan fingerprint density at radius 2 is 1.83 bits per heavy atom. The van der Waals surface area contributed by atoms with E-state index in [0.29, 0.717) is 11.1 Å². The number of aryl methyl sites for hydroxylation is 1. The fourth-order valence-corrected chi connectivity index (χ4v) is 3.23. The molecule has 3 aromatic carbocycles. The molecule has 0 saturated heterocycles. The molecule has 0 bridgehead atoms. The van der Waals surface area contributed by atoms with E-state index in [2.05, 4.69) is 5.10 Å². The summed E-state index contributed by atoms with van der Waals surface area (Å²) in [7, 11) is 0. The molecule has 4 aromatic rings. The molecule has 0 spiro atoms. The second-order valence-corrected chi connectivity index (χ2v) is 7.16. The van der Waals surface area contributed by atoms with Gasteiger partial charge in [0.2, 0.25) is 0 Å². The molecular formula is C23H20F2N2O2. The minimum Gasteiger partial charge on any atom is -0.457 e. The largest absolute Gasteiger partial charge is 0.457 e. The zero-order valence-corrected chi connectivity index (χ0v) is 16.0. The molecule has 1 aromatic heterocycles. The van der Waals surface area contributed by atoms with Gasteiger partial charge in [-0.15, -0.1) is 0 Å². The van der Waals surface area contributed by atoms with Crippen LogP contribution in [0.25, 0.3) is 16.6 Å². The minimum atomic E-state index is -2.05. The van der Waals surface area contributed by atoms with Crippen LogP contribution < -0.4 is 4.74 Å². The Morgan fingerprint density at radius 3 is 2.55 bits per heavy atom. The lowest BCUT2D eigenvalue weighted by atomic mass is 9.95. The Balaban J connectivity index is 1.64. The van der Waals surface area contributed by atoms with Crippen molar-refractivity contribution in [2.45, 2.75) is 25.8 Å². The highest BCUT2D eigenvalue weighted by molar-refractivity contribution is 5.81. The van der Waals surface area contributed by atoms with Crippen molar-refractivity contribution in [3.05, 3.63) is 89.9 Å². The van der Waals surface area contributed by atoms with E-state index < -0.39 is 17.8 Å². The third-order valence-corrected chi connectivity index (χ3v) is 4.96. The molecule has 1 N–H and O–H groups in total. The van der Waals surface area contributed by atoms with E-state index in [4.69, 9.17) is 4.74 Å². The summed E-state index contributed by atoms with van der Waals surface area (Å²) in [4.78, 5) is 0. The molecule has 29 heavy (non-hydrogen) atoms. The third-order valence-electron chi connectivity index (χ3n) is 4.96. The first-order valence-electron chi connectivity index (χ1n) is 9.19. The maximum absolute atomic E-state index is 14.9. The molecule has 4 rings (SSSR count). The molecule has 0 aliphatic heterocycles. The SMILES string of the molecule is Cc1cc(F)ccc1OC(F)C(C)(O)c1ccc2c(cnn2-c2ccccc2)c1. The summed E-state index contributed by atoms with van der Waals surface area (Å²) in [5, 5.41) is 16.0. The van der Waals surface area contributed by atoms with Crippen LogP contribution in [-0.4, -0.2) is 21.2 Å². The number of ether oxygens (including phenoxy) is 1. The summed E-state index contributed by atoms with van der Waals surface area (Å²) in [6.07, 6.45) is -0.381. The first-order valence-corrected chi connectivity index (χ1v) is 9.19. The number of hydrogen-bond donors (Lipinski definition) is 1. The molecule has 2 unspecified atom stereocenters. The molecule has 6 heteroatoms. The highest BCUT2D eigenvalue weighted by Crippen LogP contribution is 2.32. The molecule has 2 atom stereocenters. The van der Waals surface area contributed by atoms with Crippen molar-refractivity contribution in [1.82, 2.24) is 9.78 Å². The zero-order valence-electron chi connectivity index (χ0n) is 16.0. The Morgan fingerprint density at radius 1 is 1.07 bits per heavy atom. The highest BCUT2D eigenvalue weighted by atomic mass is 19.1. The van der Waals surface area contributed by atoms with Crippen LogP contribution >= 0.6 is 0 Å². The van der Waals surface area contributed by atoms with Crippen molar-refractivity contribution >= 4 is 10.9 Å². The molecule has 1 heterocycles. The predicted molar refractivity (Wildman–Crippen MR) is 107 cm³/mol. The van der Waals surface area contributed by atoms with Gasteiger partial charge in [0, 0.05) is 5.39 Å². The van der Waals surface area contributed by atoms with Crippen LogP contribution in [0, 0.1) is 12.7 Å². The Hall–Kier alpha value is -3.25. The van der Waals surface area contributed by atoms with E-state index in [1.165, 1.54) is 25.1 Å². The summed E-state index contributed by atoms with van der Waals surface area (Å²) >= 11 is 0. The Kier molecular flexibility index (Phi) is 4.80. The number of halogens is 2. The Bertz CT molecular complexity index is 1160. The molecule has 0 radical (unpaired) electrons. The number of fused-ring (bicyclic) bond motifs is 1. The average Bonchev–Trinajstić information content (AvgIpc) is 3.14. The van der Waals surface area contributed by atoms with Gasteiger partial charge in [0.15, 0.2) is 5.60 Å². The summed E-state index contributed by atoms with van der Waals surface area (Å²) in [6, 6.07) is 18.6. The molecule has 0 aliphatic rings. The van der Waals surface area contributed by atoms with Gasteiger partial charge in [-0.2, -0.15) is 9.49 Å². The summed E-state index contributed by atoms with van der Waals surface area (Å²) in [5.41, 5.74) is 0.624. The normalized spacial score (nSPS) is 14.5. The average molecular weight is 394 g/mol. The molecule has 0 fully saturated rings. The topological polar surface area (TPSA) is 47.3 Å². The molecule has 0 amide bonds. The number of benzene rings is 3. The van der Waals surface area contributed by atoms with Crippen LogP contribution in [0.4, 0.5) is 8.78 Å². The van der Waals surface area contributed by atoms with Crippen LogP contribution in [0.1, 0.15) is 18.1 Å². The van der Waals surface area contributed by atoms with Crippen LogP contribution in [0.3, 0.4) is 0 Å². The highest BCUT2D eigenvalue weighted by Gasteiger charge is 2.36. The number of rotatable bonds is 5. The van der Waals surface area contributed by atoms with Crippen LogP contribution in [0.5, 0.6) is 5.75 Å². The van der Waals surface area contributed by atoms with E-state index in [-0.39, 0.29) is 5.75 Å². The Labute approximate surface area is 167 Å². The van der Waals surface area contributed by atoms with Crippen molar-refractivity contribution in [3.8, 4) is 11.4 Å². The predicted octanol–water partition coefficient (Wildman–Crippen LogP) is 5.06. The quantitative estimate of drug-likeness (QED) is 0.515. The van der Waals surface area contributed by atoms with E-state index in [1.807, 2.05) is 30.3 Å². The van der Waals surface area contributed by atoms with Gasteiger partial charge < -0.3 is 9.84 Å². The van der Waals surface area contributed by atoms with E-state index in [9.17, 15) is 13.9 Å². The maximum Gasteiger partial charge on any atom is 0.270 e. The first-order chi connectivity index (χ1) is 13.9. The first kappa shape index (κ1) is 19.1. The third kappa shape index (κ3) is 3.59.